The van der Waals surface area contributed by atoms with E-state index in [-0.39, 0.29) is 35.6 Å². The Hall–Kier alpha value is -1.77. The molecule has 0 radical (unpaired) electrons. The number of ether oxygens (including phenoxy) is 1. The molecule has 110 valence electrons. The average Bonchev–Trinajstić information content (AvgIpc) is 2.35. The van der Waals surface area contributed by atoms with E-state index in [0.29, 0.717) is 0 Å². The van der Waals surface area contributed by atoms with Crippen molar-refractivity contribution in [1.82, 2.24) is 0 Å². The lowest BCUT2D eigenvalue weighted by Gasteiger charge is -2.12. The van der Waals surface area contributed by atoms with Crippen LogP contribution in [-0.4, -0.2) is 31.6 Å². The van der Waals surface area contributed by atoms with Gasteiger partial charge in [-0.15, -0.1) is 0 Å². The van der Waals surface area contributed by atoms with Gasteiger partial charge >= 0.3 is 0 Å². The summed E-state index contributed by atoms with van der Waals surface area (Å²) in [7, 11) is -3.24. The Kier molecular flexibility index (Phi) is 4.98. The first-order valence-corrected chi connectivity index (χ1v) is 7.05. The van der Waals surface area contributed by atoms with Gasteiger partial charge in [0, 0.05) is 12.6 Å². The highest BCUT2D eigenvalue weighted by Crippen LogP contribution is 2.27. The van der Waals surface area contributed by atoms with Crippen molar-refractivity contribution >= 4 is 21.7 Å². The van der Waals surface area contributed by atoms with E-state index in [1.165, 1.54) is 20.1 Å². The second-order valence-electron chi connectivity index (χ2n) is 4.14. The number of hydrogen-bond donors (Lipinski definition) is 2. The largest absolute Gasteiger partial charge is 0.496 e. The molecule has 20 heavy (non-hydrogen) atoms. The number of rotatable bonds is 6. The molecule has 0 unspecified atom stereocenters. The van der Waals surface area contributed by atoms with Crippen LogP contribution in [0.2, 0.25) is 0 Å². The molecule has 1 aromatic rings. The maximum Gasteiger partial charge on any atom is 0.294 e. The number of methoxy groups -OCH3 is 1. The topological polar surface area (TPSA) is 124 Å². The van der Waals surface area contributed by atoms with Crippen LogP contribution in [0.25, 0.3) is 0 Å². The number of hydrogen-bond acceptors (Lipinski definition) is 6. The lowest BCUT2D eigenvalue weighted by atomic mass is 10.0. The normalized spacial score (nSPS) is 11.2. The molecule has 0 aliphatic heterocycles. The van der Waals surface area contributed by atoms with E-state index in [1.807, 2.05) is 0 Å². The first-order chi connectivity index (χ1) is 9.20. The van der Waals surface area contributed by atoms with Gasteiger partial charge in [-0.2, -0.15) is 8.42 Å². The summed E-state index contributed by atoms with van der Waals surface area (Å²) < 4.78 is 36.5. The van der Waals surface area contributed by atoms with E-state index >= 15 is 0 Å². The smallest absolute Gasteiger partial charge is 0.294 e. The Morgan fingerprint density at radius 2 is 1.95 bits per heavy atom. The third-order valence-electron chi connectivity index (χ3n) is 2.59. The Balaban J connectivity index is 3.48. The number of carbonyl (C=O) groups excluding carboxylic acids is 2. The molecule has 0 fully saturated rings. The standard InChI is InChI=1S/C12H15NO6S/c1-7(14)3-10(15)9-4-8(6-13)12(20(16,17)18)5-11(9)19-2/h4-5H,3,6,13H2,1-2H3,(H,16,17,18). The fourth-order valence-electron chi connectivity index (χ4n) is 1.71. The van der Waals surface area contributed by atoms with Crippen molar-refractivity contribution in [3.05, 3.63) is 23.3 Å². The molecule has 0 saturated heterocycles. The summed E-state index contributed by atoms with van der Waals surface area (Å²) in [5, 5.41) is 0. The number of ketones is 2. The molecular weight excluding hydrogens is 286 g/mol. The summed E-state index contributed by atoms with van der Waals surface area (Å²) in [6.45, 7) is 1.07. The van der Waals surface area contributed by atoms with E-state index in [9.17, 15) is 18.0 Å². The number of nitrogens with two attached hydrogens (primary N) is 1. The quantitative estimate of drug-likeness (QED) is 0.447. The molecule has 0 aliphatic carbocycles. The van der Waals surface area contributed by atoms with Gasteiger partial charge in [-0.3, -0.25) is 14.1 Å². The summed E-state index contributed by atoms with van der Waals surface area (Å²) in [5.74, 6) is -0.878. The predicted octanol–water partition coefficient (Wildman–Crippen LogP) is 0.562. The highest BCUT2D eigenvalue weighted by molar-refractivity contribution is 7.85. The molecule has 8 heteroatoms. The molecule has 1 rings (SSSR count). The zero-order valence-corrected chi connectivity index (χ0v) is 11.9. The van der Waals surface area contributed by atoms with Gasteiger partial charge in [0.05, 0.1) is 19.1 Å². The molecular formula is C12H15NO6S. The van der Waals surface area contributed by atoms with Crippen molar-refractivity contribution in [3.63, 3.8) is 0 Å². The van der Waals surface area contributed by atoms with Crippen LogP contribution in [0.1, 0.15) is 29.3 Å². The molecule has 0 amide bonds. The molecule has 1 aromatic carbocycles. The van der Waals surface area contributed by atoms with Crippen LogP contribution in [0.5, 0.6) is 5.75 Å². The van der Waals surface area contributed by atoms with Crippen LogP contribution in [0.15, 0.2) is 17.0 Å². The minimum Gasteiger partial charge on any atom is -0.496 e. The van der Waals surface area contributed by atoms with E-state index < -0.39 is 20.8 Å². The number of benzene rings is 1. The van der Waals surface area contributed by atoms with Crippen molar-refractivity contribution in [2.24, 2.45) is 5.73 Å². The second-order valence-corrected chi connectivity index (χ2v) is 5.53. The Morgan fingerprint density at radius 3 is 2.35 bits per heavy atom. The molecule has 0 spiro atoms. The fraction of sp³-hybridized carbons (Fsp3) is 0.333. The van der Waals surface area contributed by atoms with Gasteiger partial charge in [-0.25, -0.2) is 0 Å². The Labute approximate surface area is 116 Å². The maximum atomic E-state index is 11.9. The lowest BCUT2D eigenvalue weighted by molar-refractivity contribution is -0.116. The van der Waals surface area contributed by atoms with Gasteiger partial charge in [0.15, 0.2) is 5.78 Å². The summed E-state index contributed by atoms with van der Waals surface area (Å²) in [6.07, 6.45) is -0.328. The first kappa shape index (κ1) is 16.3. The van der Waals surface area contributed by atoms with Gasteiger partial charge in [0.25, 0.3) is 10.1 Å². The van der Waals surface area contributed by atoms with Crippen LogP contribution in [-0.2, 0) is 21.5 Å². The molecule has 0 aromatic heterocycles. The highest BCUT2D eigenvalue weighted by atomic mass is 32.2. The molecule has 7 nitrogen and oxygen atoms in total. The van der Waals surface area contributed by atoms with Crippen molar-refractivity contribution < 1.29 is 27.3 Å². The number of Topliss-reactive ketones (excluding diaryl/α,β-unsaturated/α-hetero) is 2. The van der Waals surface area contributed by atoms with Gasteiger partial charge < -0.3 is 10.5 Å². The van der Waals surface area contributed by atoms with Crippen molar-refractivity contribution in [2.75, 3.05) is 7.11 Å². The van der Waals surface area contributed by atoms with Gasteiger partial charge in [0.1, 0.15) is 16.4 Å². The van der Waals surface area contributed by atoms with Crippen molar-refractivity contribution in [3.8, 4) is 5.75 Å². The van der Waals surface area contributed by atoms with Crippen molar-refractivity contribution in [1.29, 1.82) is 0 Å². The maximum absolute atomic E-state index is 11.9. The van der Waals surface area contributed by atoms with E-state index in [4.69, 9.17) is 15.0 Å². The predicted molar refractivity (Wildman–Crippen MR) is 70.3 cm³/mol. The summed E-state index contributed by atoms with van der Waals surface area (Å²) in [4.78, 5) is 22.5. The Bertz CT molecular complexity index is 650. The molecule has 0 aliphatic rings. The lowest BCUT2D eigenvalue weighted by Crippen LogP contribution is -2.12. The second kappa shape index (κ2) is 6.12. The minimum atomic E-state index is -4.48. The van der Waals surface area contributed by atoms with E-state index in [1.54, 1.807) is 0 Å². The van der Waals surface area contributed by atoms with Gasteiger partial charge in [0.2, 0.25) is 0 Å². The van der Waals surface area contributed by atoms with E-state index in [0.717, 1.165) is 6.07 Å². The number of carbonyl (C=O) groups is 2. The molecule has 3 N–H and O–H groups in total. The zero-order valence-electron chi connectivity index (χ0n) is 11.0. The van der Waals surface area contributed by atoms with Crippen LogP contribution >= 0.6 is 0 Å². The van der Waals surface area contributed by atoms with Crippen LogP contribution in [0, 0.1) is 0 Å². The summed E-state index contributed by atoms with van der Waals surface area (Å²) >= 11 is 0. The first-order valence-electron chi connectivity index (χ1n) is 5.61. The van der Waals surface area contributed by atoms with Gasteiger partial charge in [-0.1, -0.05) is 0 Å². The van der Waals surface area contributed by atoms with Crippen molar-refractivity contribution in [2.45, 2.75) is 24.8 Å². The SMILES string of the molecule is COc1cc(S(=O)(=O)O)c(CN)cc1C(=O)CC(C)=O. The molecule has 0 bridgehead atoms. The van der Waals surface area contributed by atoms with Crippen LogP contribution < -0.4 is 10.5 Å². The highest BCUT2D eigenvalue weighted by Gasteiger charge is 2.22. The summed E-state index contributed by atoms with van der Waals surface area (Å²) in [6, 6.07) is 2.23. The molecule has 0 heterocycles. The van der Waals surface area contributed by atoms with E-state index in [2.05, 4.69) is 0 Å². The minimum absolute atomic E-state index is 0.0407. The summed E-state index contributed by atoms with van der Waals surface area (Å²) in [5.41, 5.74) is 5.54. The zero-order chi connectivity index (χ0) is 15.5. The van der Waals surface area contributed by atoms with Crippen LogP contribution in [0.4, 0.5) is 0 Å². The monoisotopic (exact) mass is 301 g/mol. The fourth-order valence-corrected chi connectivity index (χ4v) is 2.44. The molecule has 0 atom stereocenters. The van der Waals surface area contributed by atoms with Crippen LogP contribution in [0.3, 0.4) is 0 Å². The third-order valence-corrected chi connectivity index (χ3v) is 3.53. The van der Waals surface area contributed by atoms with Gasteiger partial charge in [-0.05, 0) is 18.6 Å². The Morgan fingerprint density at radius 1 is 1.35 bits per heavy atom. The third kappa shape index (κ3) is 3.62. The average molecular weight is 301 g/mol. The molecule has 0 saturated carbocycles.